The van der Waals surface area contributed by atoms with Gasteiger partial charge in [0.15, 0.2) is 0 Å². The Balaban J connectivity index is 2.28. The fourth-order valence-corrected chi connectivity index (χ4v) is 1.99. The van der Waals surface area contributed by atoms with Crippen molar-refractivity contribution in [3.63, 3.8) is 0 Å². The maximum atomic E-state index is 11.7. The van der Waals surface area contributed by atoms with Crippen molar-refractivity contribution < 1.29 is 17.9 Å². The number of rotatable bonds is 5. The Labute approximate surface area is 96.0 Å². The van der Waals surface area contributed by atoms with Gasteiger partial charge in [-0.3, -0.25) is 4.79 Å². The average molecular weight is 250 g/mol. The second-order valence-electron chi connectivity index (χ2n) is 3.93. The van der Waals surface area contributed by atoms with Crippen LogP contribution in [0.2, 0.25) is 0 Å². The molecule has 0 aromatic heterocycles. The molecule has 0 aromatic carbocycles. The van der Waals surface area contributed by atoms with E-state index in [-0.39, 0.29) is 18.6 Å². The first kappa shape index (κ1) is 13.4. The number of hydrogen-bond acceptors (Lipinski definition) is 4. The lowest BCUT2D eigenvalue weighted by atomic mass is 10.2. The van der Waals surface area contributed by atoms with Crippen LogP contribution in [0.5, 0.6) is 0 Å². The molecule has 0 spiro atoms. The molecular formula is C9H18N2O4S. The van der Waals surface area contributed by atoms with E-state index in [2.05, 4.69) is 4.72 Å². The van der Waals surface area contributed by atoms with Gasteiger partial charge in [-0.05, 0) is 12.8 Å². The van der Waals surface area contributed by atoms with Gasteiger partial charge in [0.05, 0.1) is 6.26 Å². The van der Waals surface area contributed by atoms with Gasteiger partial charge in [-0.1, -0.05) is 0 Å². The second kappa shape index (κ2) is 5.60. The van der Waals surface area contributed by atoms with Crippen LogP contribution in [0.3, 0.4) is 0 Å². The van der Waals surface area contributed by atoms with Gasteiger partial charge >= 0.3 is 0 Å². The summed E-state index contributed by atoms with van der Waals surface area (Å²) in [6, 6.07) is 0. The predicted octanol–water partition coefficient (Wildman–Crippen LogP) is -0.827. The number of ether oxygens (including phenoxy) is 1. The third-order valence-electron chi connectivity index (χ3n) is 2.39. The Morgan fingerprint density at radius 3 is 2.75 bits per heavy atom. The molecular weight excluding hydrogens is 232 g/mol. The lowest BCUT2D eigenvalue weighted by Crippen LogP contribution is -2.40. The van der Waals surface area contributed by atoms with Gasteiger partial charge < -0.3 is 9.64 Å². The summed E-state index contributed by atoms with van der Waals surface area (Å²) in [5.74, 6) is -0.0761. The molecule has 7 heteroatoms. The van der Waals surface area contributed by atoms with Gasteiger partial charge in [0, 0.05) is 26.7 Å². The maximum absolute atomic E-state index is 11.7. The molecule has 1 amide bonds. The Bertz CT molecular complexity index is 335. The molecule has 1 heterocycles. The molecule has 1 rings (SSSR count). The Hall–Kier alpha value is -0.660. The lowest BCUT2D eigenvalue weighted by molar-refractivity contribution is -0.139. The monoisotopic (exact) mass is 250 g/mol. The van der Waals surface area contributed by atoms with Crippen molar-refractivity contribution in [3.05, 3.63) is 0 Å². The Morgan fingerprint density at radius 1 is 1.56 bits per heavy atom. The van der Waals surface area contributed by atoms with Gasteiger partial charge in [-0.25, -0.2) is 13.1 Å². The first-order chi connectivity index (χ1) is 7.40. The average Bonchev–Trinajstić information content (AvgIpc) is 2.67. The zero-order valence-corrected chi connectivity index (χ0v) is 10.4. The molecule has 1 atom stereocenters. The molecule has 0 saturated carbocycles. The highest BCUT2D eigenvalue weighted by Gasteiger charge is 2.26. The molecule has 16 heavy (non-hydrogen) atoms. The van der Waals surface area contributed by atoms with E-state index in [1.54, 1.807) is 7.05 Å². The maximum Gasteiger partial charge on any atom is 0.251 e. The molecule has 1 N–H and O–H groups in total. The van der Waals surface area contributed by atoms with Gasteiger partial charge in [-0.2, -0.15) is 0 Å². The molecule has 1 aliphatic rings. The Morgan fingerprint density at radius 2 is 2.25 bits per heavy atom. The predicted molar refractivity (Wildman–Crippen MR) is 59.5 cm³/mol. The van der Waals surface area contributed by atoms with Crippen LogP contribution in [0.15, 0.2) is 0 Å². The number of amides is 1. The number of hydrogen-bond donors (Lipinski definition) is 1. The molecule has 1 aliphatic heterocycles. The SMILES string of the molecule is CN(CCNS(C)(=O)=O)C(=O)C1CCCO1. The summed E-state index contributed by atoms with van der Waals surface area (Å²) >= 11 is 0. The van der Waals surface area contributed by atoms with Crippen molar-refractivity contribution in [1.82, 2.24) is 9.62 Å². The van der Waals surface area contributed by atoms with Gasteiger partial charge in [0.25, 0.3) is 5.91 Å². The molecule has 94 valence electrons. The van der Waals surface area contributed by atoms with Crippen LogP contribution in [-0.4, -0.2) is 58.3 Å². The summed E-state index contributed by atoms with van der Waals surface area (Å²) < 4.78 is 29.2. The third-order valence-corrected chi connectivity index (χ3v) is 3.12. The number of nitrogens with one attached hydrogen (secondary N) is 1. The summed E-state index contributed by atoms with van der Waals surface area (Å²) in [6.07, 6.45) is 2.41. The van der Waals surface area contributed by atoms with E-state index >= 15 is 0 Å². The fraction of sp³-hybridized carbons (Fsp3) is 0.889. The van der Waals surface area contributed by atoms with Crippen LogP contribution in [0, 0.1) is 0 Å². The van der Waals surface area contributed by atoms with E-state index in [9.17, 15) is 13.2 Å². The molecule has 1 unspecified atom stereocenters. The van der Waals surface area contributed by atoms with Crippen molar-refractivity contribution in [1.29, 1.82) is 0 Å². The number of carbonyl (C=O) groups is 1. The number of carbonyl (C=O) groups excluding carboxylic acids is 1. The van der Waals surface area contributed by atoms with Crippen molar-refractivity contribution in [2.24, 2.45) is 0 Å². The van der Waals surface area contributed by atoms with Crippen LogP contribution >= 0.6 is 0 Å². The topological polar surface area (TPSA) is 75.7 Å². The van der Waals surface area contributed by atoms with Gasteiger partial charge in [0.1, 0.15) is 6.10 Å². The van der Waals surface area contributed by atoms with E-state index in [4.69, 9.17) is 4.74 Å². The largest absolute Gasteiger partial charge is 0.368 e. The van der Waals surface area contributed by atoms with Gasteiger partial charge in [-0.15, -0.1) is 0 Å². The van der Waals surface area contributed by atoms with Crippen molar-refractivity contribution >= 4 is 15.9 Å². The molecule has 1 fully saturated rings. The number of likely N-dealkylation sites (N-methyl/N-ethyl adjacent to an activating group) is 1. The van der Waals surface area contributed by atoms with E-state index in [0.29, 0.717) is 13.2 Å². The Kier molecular flexibility index (Phi) is 4.69. The molecule has 0 radical (unpaired) electrons. The smallest absolute Gasteiger partial charge is 0.251 e. The summed E-state index contributed by atoms with van der Waals surface area (Å²) in [4.78, 5) is 13.2. The minimum atomic E-state index is -3.18. The molecule has 0 aromatic rings. The van der Waals surface area contributed by atoms with Gasteiger partial charge in [0.2, 0.25) is 10.0 Å². The van der Waals surface area contributed by atoms with E-state index < -0.39 is 10.0 Å². The minimum Gasteiger partial charge on any atom is -0.368 e. The van der Waals surface area contributed by atoms with Crippen LogP contribution in [0.25, 0.3) is 0 Å². The highest BCUT2D eigenvalue weighted by molar-refractivity contribution is 7.88. The van der Waals surface area contributed by atoms with Crippen molar-refractivity contribution in [2.75, 3.05) is 33.0 Å². The van der Waals surface area contributed by atoms with E-state index in [1.165, 1.54) is 4.90 Å². The van der Waals surface area contributed by atoms with Crippen LogP contribution in [0.4, 0.5) is 0 Å². The van der Waals surface area contributed by atoms with E-state index in [1.807, 2.05) is 0 Å². The highest BCUT2D eigenvalue weighted by Crippen LogP contribution is 2.13. The molecule has 1 saturated heterocycles. The minimum absolute atomic E-state index is 0.0761. The summed E-state index contributed by atoms with van der Waals surface area (Å²) in [6.45, 7) is 1.21. The second-order valence-corrected chi connectivity index (χ2v) is 5.76. The van der Waals surface area contributed by atoms with Crippen molar-refractivity contribution in [3.8, 4) is 0 Å². The zero-order chi connectivity index (χ0) is 12.2. The zero-order valence-electron chi connectivity index (χ0n) is 9.60. The first-order valence-corrected chi connectivity index (χ1v) is 7.10. The summed E-state index contributed by atoms with van der Waals surface area (Å²) in [5, 5.41) is 0. The van der Waals surface area contributed by atoms with Crippen LogP contribution < -0.4 is 4.72 Å². The standard InChI is InChI=1S/C9H18N2O4S/c1-11(6-5-10-16(2,13)14)9(12)8-4-3-7-15-8/h8,10H,3-7H2,1-2H3. The summed E-state index contributed by atoms with van der Waals surface area (Å²) in [5.41, 5.74) is 0. The number of nitrogens with zero attached hydrogens (tertiary/aromatic N) is 1. The normalized spacial score (nSPS) is 21.0. The quantitative estimate of drug-likeness (QED) is 0.691. The highest BCUT2D eigenvalue weighted by atomic mass is 32.2. The van der Waals surface area contributed by atoms with Crippen molar-refractivity contribution in [2.45, 2.75) is 18.9 Å². The molecule has 6 nitrogen and oxygen atoms in total. The lowest BCUT2D eigenvalue weighted by Gasteiger charge is -2.20. The van der Waals surface area contributed by atoms with E-state index in [0.717, 1.165) is 19.1 Å². The molecule has 0 bridgehead atoms. The van der Waals surface area contributed by atoms with Crippen LogP contribution in [-0.2, 0) is 19.6 Å². The van der Waals surface area contributed by atoms with Crippen LogP contribution in [0.1, 0.15) is 12.8 Å². The number of sulfonamides is 1. The first-order valence-electron chi connectivity index (χ1n) is 5.21. The summed E-state index contributed by atoms with van der Waals surface area (Å²) in [7, 11) is -1.54. The third kappa shape index (κ3) is 4.46. The molecule has 0 aliphatic carbocycles. The fourth-order valence-electron chi connectivity index (χ4n) is 1.53.